The van der Waals surface area contributed by atoms with Crippen molar-refractivity contribution in [3.63, 3.8) is 0 Å². The average molecular weight is 216 g/mol. The van der Waals surface area contributed by atoms with Crippen molar-refractivity contribution >= 4 is 10.8 Å². The summed E-state index contributed by atoms with van der Waals surface area (Å²) in [6.45, 7) is 3.60. The smallest absolute Gasteiger partial charge is 0.116 e. The van der Waals surface area contributed by atoms with E-state index < -0.39 is 5.60 Å². The van der Waals surface area contributed by atoms with Crippen LogP contribution in [-0.2, 0) is 6.42 Å². The molecule has 0 amide bonds. The average Bonchev–Trinajstić information content (AvgIpc) is 2.16. The summed E-state index contributed by atoms with van der Waals surface area (Å²) in [7, 11) is 0. The van der Waals surface area contributed by atoms with E-state index in [0.29, 0.717) is 6.42 Å². The van der Waals surface area contributed by atoms with Gasteiger partial charge in [0, 0.05) is 6.42 Å². The number of phenolic OH excluding ortho intramolecular Hbond substituents is 1. The Balaban J connectivity index is 2.41. The van der Waals surface area contributed by atoms with Gasteiger partial charge in [0.1, 0.15) is 5.75 Å². The molecule has 0 aliphatic carbocycles. The Hall–Kier alpha value is -1.54. The summed E-state index contributed by atoms with van der Waals surface area (Å²) in [6, 6.07) is 11.3. The quantitative estimate of drug-likeness (QED) is 0.810. The Morgan fingerprint density at radius 1 is 1.00 bits per heavy atom. The van der Waals surface area contributed by atoms with Gasteiger partial charge in [-0.2, -0.15) is 0 Å². The van der Waals surface area contributed by atoms with Crippen molar-refractivity contribution in [1.82, 2.24) is 0 Å². The van der Waals surface area contributed by atoms with Crippen LogP contribution >= 0.6 is 0 Å². The van der Waals surface area contributed by atoms with E-state index >= 15 is 0 Å². The summed E-state index contributed by atoms with van der Waals surface area (Å²) in [4.78, 5) is 0. The standard InChI is InChI=1S/C14H16O2/c1-14(2,16)9-10-3-4-12-8-13(15)6-5-11(12)7-10/h3-8,15-16H,9H2,1-2H3. The van der Waals surface area contributed by atoms with Crippen LogP contribution in [0, 0.1) is 0 Å². The molecule has 0 fully saturated rings. The predicted molar refractivity (Wildman–Crippen MR) is 65.6 cm³/mol. The molecular formula is C14H16O2. The first-order chi connectivity index (χ1) is 7.44. The molecule has 0 spiro atoms. The lowest BCUT2D eigenvalue weighted by Crippen LogP contribution is -2.21. The Morgan fingerprint density at radius 2 is 1.62 bits per heavy atom. The van der Waals surface area contributed by atoms with Crippen LogP contribution in [0.1, 0.15) is 19.4 Å². The van der Waals surface area contributed by atoms with Gasteiger partial charge in [-0.1, -0.05) is 24.3 Å². The summed E-state index contributed by atoms with van der Waals surface area (Å²) in [5.74, 6) is 0.280. The minimum absolute atomic E-state index is 0.280. The van der Waals surface area contributed by atoms with E-state index in [-0.39, 0.29) is 5.75 Å². The van der Waals surface area contributed by atoms with Gasteiger partial charge in [0.15, 0.2) is 0 Å². The number of benzene rings is 2. The number of aliphatic hydroxyl groups is 1. The molecule has 2 heteroatoms. The highest BCUT2D eigenvalue weighted by atomic mass is 16.3. The van der Waals surface area contributed by atoms with Crippen LogP contribution in [0.3, 0.4) is 0 Å². The largest absolute Gasteiger partial charge is 0.508 e. The van der Waals surface area contributed by atoms with Gasteiger partial charge in [-0.3, -0.25) is 0 Å². The zero-order chi connectivity index (χ0) is 11.8. The lowest BCUT2D eigenvalue weighted by molar-refractivity contribution is 0.0810. The highest BCUT2D eigenvalue weighted by Crippen LogP contribution is 2.22. The molecule has 0 aliphatic rings. The van der Waals surface area contributed by atoms with E-state index in [0.717, 1.165) is 16.3 Å². The molecule has 0 saturated heterocycles. The van der Waals surface area contributed by atoms with Crippen molar-refractivity contribution in [1.29, 1.82) is 0 Å². The Kier molecular flexibility index (Phi) is 2.60. The van der Waals surface area contributed by atoms with Crippen LogP contribution in [-0.4, -0.2) is 15.8 Å². The summed E-state index contributed by atoms with van der Waals surface area (Å²) < 4.78 is 0. The van der Waals surface area contributed by atoms with Gasteiger partial charge in [-0.15, -0.1) is 0 Å². The fraction of sp³-hybridized carbons (Fsp3) is 0.286. The zero-order valence-corrected chi connectivity index (χ0v) is 9.57. The molecule has 2 aromatic rings. The second-order valence-electron chi connectivity index (χ2n) is 4.86. The highest BCUT2D eigenvalue weighted by molar-refractivity contribution is 5.84. The van der Waals surface area contributed by atoms with E-state index in [1.807, 2.05) is 24.3 Å². The number of aromatic hydroxyl groups is 1. The predicted octanol–water partition coefficient (Wildman–Crippen LogP) is 2.86. The molecule has 16 heavy (non-hydrogen) atoms. The topological polar surface area (TPSA) is 40.5 Å². The third-order valence-corrected chi connectivity index (χ3v) is 2.52. The summed E-state index contributed by atoms with van der Waals surface area (Å²) in [6.07, 6.45) is 0.629. The van der Waals surface area contributed by atoms with Crippen LogP contribution in [0.25, 0.3) is 10.8 Å². The molecule has 0 aromatic heterocycles. The third kappa shape index (κ3) is 2.52. The van der Waals surface area contributed by atoms with Crippen molar-refractivity contribution in [2.24, 2.45) is 0 Å². The second kappa shape index (κ2) is 3.80. The number of phenols is 1. The van der Waals surface area contributed by atoms with Crippen LogP contribution in [0.2, 0.25) is 0 Å². The fourth-order valence-corrected chi connectivity index (χ4v) is 1.89. The molecule has 0 unspecified atom stereocenters. The maximum Gasteiger partial charge on any atom is 0.116 e. The van der Waals surface area contributed by atoms with Gasteiger partial charge in [0.2, 0.25) is 0 Å². The molecule has 2 rings (SSSR count). The van der Waals surface area contributed by atoms with Crippen LogP contribution in [0.15, 0.2) is 36.4 Å². The number of fused-ring (bicyclic) bond motifs is 1. The number of rotatable bonds is 2. The van der Waals surface area contributed by atoms with Crippen molar-refractivity contribution in [2.75, 3.05) is 0 Å². The minimum Gasteiger partial charge on any atom is -0.508 e. The van der Waals surface area contributed by atoms with Crippen molar-refractivity contribution in [3.8, 4) is 5.75 Å². The molecular weight excluding hydrogens is 200 g/mol. The van der Waals surface area contributed by atoms with Crippen LogP contribution < -0.4 is 0 Å². The van der Waals surface area contributed by atoms with E-state index in [1.54, 1.807) is 26.0 Å². The van der Waals surface area contributed by atoms with Gasteiger partial charge < -0.3 is 10.2 Å². The molecule has 84 valence electrons. The molecule has 2 nitrogen and oxygen atoms in total. The molecule has 0 aliphatic heterocycles. The monoisotopic (exact) mass is 216 g/mol. The lowest BCUT2D eigenvalue weighted by Gasteiger charge is -2.17. The van der Waals surface area contributed by atoms with Gasteiger partial charge >= 0.3 is 0 Å². The highest BCUT2D eigenvalue weighted by Gasteiger charge is 2.13. The normalized spacial score (nSPS) is 11.9. The summed E-state index contributed by atoms with van der Waals surface area (Å²) in [5, 5.41) is 21.2. The fourth-order valence-electron chi connectivity index (χ4n) is 1.89. The van der Waals surface area contributed by atoms with Crippen molar-refractivity contribution < 1.29 is 10.2 Å². The van der Waals surface area contributed by atoms with E-state index in [4.69, 9.17) is 0 Å². The molecule has 0 saturated carbocycles. The first-order valence-electron chi connectivity index (χ1n) is 5.38. The van der Waals surface area contributed by atoms with Crippen molar-refractivity contribution in [3.05, 3.63) is 42.0 Å². The molecule has 0 heterocycles. The number of hydrogen-bond donors (Lipinski definition) is 2. The second-order valence-corrected chi connectivity index (χ2v) is 4.86. The third-order valence-electron chi connectivity index (χ3n) is 2.52. The molecule has 2 aromatic carbocycles. The SMILES string of the molecule is CC(C)(O)Cc1ccc2cc(O)ccc2c1. The van der Waals surface area contributed by atoms with Crippen molar-refractivity contribution in [2.45, 2.75) is 25.9 Å². The first kappa shape index (κ1) is 11.0. The zero-order valence-electron chi connectivity index (χ0n) is 9.57. The summed E-state index contributed by atoms with van der Waals surface area (Å²) in [5.41, 5.74) is 0.413. The Bertz CT molecular complexity index is 510. The molecule has 0 radical (unpaired) electrons. The van der Waals surface area contributed by atoms with E-state index in [2.05, 4.69) is 0 Å². The summed E-state index contributed by atoms with van der Waals surface area (Å²) >= 11 is 0. The lowest BCUT2D eigenvalue weighted by atomic mass is 9.96. The van der Waals surface area contributed by atoms with Crippen LogP contribution in [0.5, 0.6) is 5.75 Å². The molecule has 0 atom stereocenters. The van der Waals surface area contributed by atoms with E-state index in [1.165, 1.54) is 0 Å². The van der Waals surface area contributed by atoms with E-state index in [9.17, 15) is 10.2 Å². The number of hydrogen-bond acceptors (Lipinski definition) is 2. The minimum atomic E-state index is -0.690. The van der Waals surface area contributed by atoms with Gasteiger partial charge in [-0.25, -0.2) is 0 Å². The van der Waals surface area contributed by atoms with Gasteiger partial charge in [-0.05, 0) is 42.3 Å². The van der Waals surface area contributed by atoms with Gasteiger partial charge in [0.25, 0.3) is 0 Å². The van der Waals surface area contributed by atoms with Crippen LogP contribution in [0.4, 0.5) is 0 Å². The maximum atomic E-state index is 9.75. The molecule has 0 bridgehead atoms. The van der Waals surface area contributed by atoms with Gasteiger partial charge in [0.05, 0.1) is 5.60 Å². The Labute approximate surface area is 95.2 Å². The first-order valence-corrected chi connectivity index (χ1v) is 5.38. The maximum absolute atomic E-state index is 9.75. The molecule has 2 N–H and O–H groups in total. The Morgan fingerprint density at radius 3 is 2.31 bits per heavy atom.